The number of rotatable bonds is 7. The molecule has 0 bridgehead atoms. The van der Waals surface area contributed by atoms with Gasteiger partial charge >= 0.3 is 0 Å². The molecule has 0 saturated carbocycles. The highest BCUT2D eigenvalue weighted by Gasteiger charge is 2.12. The molecule has 10 nitrogen and oxygen atoms in total. The van der Waals surface area contributed by atoms with E-state index in [1.165, 1.54) is 27.4 Å². The normalized spacial score (nSPS) is 9.67. The van der Waals surface area contributed by atoms with Crippen LogP contribution in [0.5, 0.6) is 17.2 Å². The van der Waals surface area contributed by atoms with E-state index in [2.05, 4.69) is 5.32 Å². The maximum absolute atomic E-state index is 11.4. The van der Waals surface area contributed by atoms with Crippen LogP contribution in [0, 0.1) is 10.1 Å². The van der Waals surface area contributed by atoms with Crippen molar-refractivity contribution >= 4 is 12.0 Å². The molecule has 0 radical (unpaired) electrons. The van der Waals surface area contributed by atoms with E-state index in [-0.39, 0.29) is 19.1 Å². The van der Waals surface area contributed by atoms with Gasteiger partial charge in [0.15, 0.2) is 11.5 Å². The van der Waals surface area contributed by atoms with Gasteiger partial charge in [-0.1, -0.05) is 0 Å². The van der Waals surface area contributed by atoms with Gasteiger partial charge in [-0.25, -0.2) is 0 Å². The van der Waals surface area contributed by atoms with Gasteiger partial charge in [-0.05, 0) is 23.8 Å². The van der Waals surface area contributed by atoms with Gasteiger partial charge in [0.1, 0.15) is 0 Å². The van der Waals surface area contributed by atoms with Crippen LogP contribution < -0.4 is 19.5 Å². The zero-order valence-electron chi connectivity index (χ0n) is 13.5. The van der Waals surface area contributed by atoms with Crippen molar-refractivity contribution in [2.75, 3.05) is 34.5 Å². The second-order valence-corrected chi connectivity index (χ2v) is 4.04. The molecule has 3 N–H and O–H groups in total. The molecular formula is C14H20N2O8. The first-order valence-electron chi connectivity index (χ1n) is 6.59. The Balaban J connectivity index is 0.00000118. The van der Waals surface area contributed by atoms with E-state index in [4.69, 9.17) is 34.6 Å². The first-order valence-corrected chi connectivity index (χ1v) is 6.59. The van der Waals surface area contributed by atoms with Gasteiger partial charge in [0.2, 0.25) is 11.7 Å². The number of carbonyl (C=O) groups is 1. The highest BCUT2D eigenvalue weighted by Crippen LogP contribution is 2.38. The number of benzene rings is 1. The molecule has 0 spiro atoms. The third-order valence-electron chi connectivity index (χ3n) is 2.53. The number of aliphatic hydroxyl groups excluding tert-OH is 1. The Morgan fingerprint density at radius 1 is 1.25 bits per heavy atom. The van der Waals surface area contributed by atoms with Crippen LogP contribution in [0.15, 0.2) is 18.2 Å². The van der Waals surface area contributed by atoms with Crippen LogP contribution in [0.25, 0.3) is 6.08 Å². The van der Waals surface area contributed by atoms with Crippen LogP contribution in [0.1, 0.15) is 5.56 Å². The third kappa shape index (κ3) is 7.84. The minimum atomic E-state index is -1.50. The quantitative estimate of drug-likeness (QED) is 0.369. The van der Waals surface area contributed by atoms with E-state index in [9.17, 15) is 4.79 Å². The van der Waals surface area contributed by atoms with Crippen molar-refractivity contribution < 1.29 is 34.4 Å². The van der Waals surface area contributed by atoms with Crippen molar-refractivity contribution in [2.24, 2.45) is 0 Å². The molecule has 0 saturated heterocycles. The summed E-state index contributed by atoms with van der Waals surface area (Å²) in [7, 11) is 4.58. The summed E-state index contributed by atoms with van der Waals surface area (Å²) in [5, 5.41) is 24.8. The maximum Gasteiger partial charge on any atom is 0.291 e. The number of hydrogen-bond donors (Lipinski definition) is 3. The lowest BCUT2D eigenvalue weighted by molar-refractivity contribution is -0.742. The highest BCUT2D eigenvalue weighted by atomic mass is 16.9. The predicted molar refractivity (Wildman–Crippen MR) is 84.0 cm³/mol. The summed E-state index contributed by atoms with van der Waals surface area (Å²) in [5.74, 6) is 1.24. The fourth-order valence-electron chi connectivity index (χ4n) is 1.61. The van der Waals surface area contributed by atoms with Crippen LogP contribution in [0.4, 0.5) is 0 Å². The molecule has 0 atom stereocenters. The molecule has 1 aromatic rings. The molecule has 0 unspecified atom stereocenters. The van der Waals surface area contributed by atoms with Crippen molar-refractivity contribution in [2.45, 2.75) is 0 Å². The van der Waals surface area contributed by atoms with Gasteiger partial charge in [-0.15, -0.1) is 10.1 Å². The molecule has 24 heavy (non-hydrogen) atoms. The van der Waals surface area contributed by atoms with Crippen LogP contribution in [0.3, 0.4) is 0 Å². The zero-order chi connectivity index (χ0) is 18.5. The SMILES string of the molecule is COc1cc(C=CC(=O)NCCO)cc(OC)c1OC.O=[N+]([O-])O. The maximum atomic E-state index is 11.4. The van der Waals surface area contributed by atoms with Crippen molar-refractivity contribution in [1.82, 2.24) is 5.32 Å². The molecule has 0 heterocycles. The monoisotopic (exact) mass is 344 g/mol. The first-order chi connectivity index (χ1) is 11.4. The molecule has 0 aliphatic rings. The number of aliphatic hydroxyl groups is 1. The summed E-state index contributed by atoms with van der Waals surface area (Å²) in [5.41, 5.74) is 0.735. The smallest absolute Gasteiger partial charge is 0.291 e. The fraction of sp³-hybridized carbons (Fsp3) is 0.357. The average Bonchev–Trinajstić information content (AvgIpc) is 2.56. The van der Waals surface area contributed by atoms with Crippen LogP contribution in [-0.2, 0) is 4.79 Å². The van der Waals surface area contributed by atoms with Crippen molar-refractivity contribution in [3.8, 4) is 17.2 Å². The van der Waals surface area contributed by atoms with Crippen molar-refractivity contribution in [3.63, 3.8) is 0 Å². The minimum absolute atomic E-state index is 0.0935. The summed E-state index contributed by atoms with van der Waals surface area (Å²) in [6, 6.07) is 3.47. The van der Waals surface area contributed by atoms with E-state index in [1.54, 1.807) is 18.2 Å². The highest BCUT2D eigenvalue weighted by molar-refractivity contribution is 5.91. The topological polar surface area (TPSA) is 140 Å². The summed E-state index contributed by atoms with van der Waals surface area (Å²) < 4.78 is 15.6. The molecule has 1 aromatic carbocycles. The molecule has 0 aliphatic carbocycles. The number of carbonyl (C=O) groups excluding carboxylic acids is 1. The van der Waals surface area contributed by atoms with Crippen molar-refractivity contribution in [1.29, 1.82) is 0 Å². The van der Waals surface area contributed by atoms with E-state index >= 15 is 0 Å². The number of methoxy groups -OCH3 is 3. The van der Waals surface area contributed by atoms with Gasteiger partial charge in [-0.2, -0.15) is 0 Å². The molecule has 1 rings (SSSR count). The lowest BCUT2D eigenvalue weighted by Gasteiger charge is -2.12. The van der Waals surface area contributed by atoms with E-state index in [1.807, 2.05) is 0 Å². The Kier molecular flexibility index (Phi) is 10.1. The van der Waals surface area contributed by atoms with Gasteiger partial charge in [0.25, 0.3) is 5.09 Å². The van der Waals surface area contributed by atoms with Gasteiger partial charge < -0.3 is 29.8 Å². The summed E-state index contributed by atoms with van der Waals surface area (Å²) in [4.78, 5) is 19.8. The first kappa shape index (κ1) is 21.0. The average molecular weight is 344 g/mol. The predicted octanol–water partition coefficient (Wildman–Crippen LogP) is 0.486. The largest absolute Gasteiger partial charge is 0.493 e. The number of nitrogens with zero attached hydrogens (tertiary/aromatic N) is 1. The standard InChI is InChI=1S/C14H19NO5.HNO3/c1-18-11-8-10(4-5-13(17)15-6-7-16)9-12(19-2)14(11)20-3;2-1(3)4/h4-5,8-9,16H,6-7H2,1-3H3,(H,15,17);(H,2,3,4). The van der Waals surface area contributed by atoms with E-state index < -0.39 is 5.09 Å². The zero-order valence-corrected chi connectivity index (χ0v) is 13.5. The number of hydrogen-bond acceptors (Lipinski definition) is 7. The molecule has 0 aromatic heterocycles. The number of nitrogens with one attached hydrogen (secondary N) is 1. The molecule has 1 amide bonds. The molecule has 10 heteroatoms. The lowest BCUT2D eigenvalue weighted by atomic mass is 10.1. The van der Waals surface area contributed by atoms with E-state index in [0.717, 1.165) is 5.56 Å². The van der Waals surface area contributed by atoms with Gasteiger partial charge in [0, 0.05) is 12.6 Å². The lowest BCUT2D eigenvalue weighted by Crippen LogP contribution is -2.24. The summed E-state index contributed by atoms with van der Waals surface area (Å²) >= 11 is 0. The Bertz CT molecular complexity index is 545. The number of ether oxygens (including phenoxy) is 3. The molecule has 0 fully saturated rings. The number of amides is 1. The van der Waals surface area contributed by atoms with Crippen LogP contribution in [0.2, 0.25) is 0 Å². The Morgan fingerprint density at radius 2 is 1.75 bits per heavy atom. The van der Waals surface area contributed by atoms with Gasteiger partial charge in [0.05, 0.1) is 27.9 Å². The second-order valence-electron chi connectivity index (χ2n) is 4.04. The summed E-state index contributed by atoms with van der Waals surface area (Å²) in [6.07, 6.45) is 2.99. The second kappa shape index (κ2) is 11.5. The van der Waals surface area contributed by atoms with Crippen LogP contribution in [-0.4, -0.2) is 55.8 Å². The minimum Gasteiger partial charge on any atom is -0.493 e. The Morgan fingerprint density at radius 3 is 2.12 bits per heavy atom. The fourth-order valence-corrected chi connectivity index (χ4v) is 1.61. The van der Waals surface area contributed by atoms with Gasteiger partial charge in [-0.3, -0.25) is 4.79 Å². The molecule has 0 aliphatic heterocycles. The summed E-state index contributed by atoms with van der Waals surface area (Å²) in [6.45, 7) is 0.127. The molecular weight excluding hydrogens is 324 g/mol. The Labute approximate surface area is 138 Å². The Hall–Kier alpha value is -3.01. The van der Waals surface area contributed by atoms with Crippen LogP contribution >= 0.6 is 0 Å². The third-order valence-corrected chi connectivity index (χ3v) is 2.53. The molecule has 134 valence electrons. The van der Waals surface area contributed by atoms with Crippen molar-refractivity contribution in [3.05, 3.63) is 33.9 Å². The van der Waals surface area contributed by atoms with E-state index in [0.29, 0.717) is 17.2 Å².